The molecule has 2 aromatic carbocycles. The van der Waals surface area contributed by atoms with E-state index >= 15 is 0 Å². The van der Waals surface area contributed by atoms with Gasteiger partial charge in [-0.15, -0.1) is 0 Å². The summed E-state index contributed by atoms with van der Waals surface area (Å²) < 4.78 is 0. The Bertz CT molecular complexity index is 1390. The second-order valence-corrected chi connectivity index (χ2v) is 14.8. The van der Waals surface area contributed by atoms with E-state index in [4.69, 9.17) is 0 Å². The molecule has 280 valence electrons. The molecule has 6 atom stereocenters. The molecule has 1 aliphatic carbocycles. The Morgan fingerprint density at radius 2 is 1.06 bits per heavy atom. The second-order valence-electron chi connectivity index (χ2n) is 14.8. The molecule has 2 aliphatic heterocycles. The minimum Gasteiger partial charge on any atom is -0.309 e. The number of anilines is 2. The number of amides is 2. The SMILES string of the molecule is CC.CC.CC(=O)N1c2ccccc2C(NC(C)C)C(C)C1C.CC(=O)N1c2ccccc2C(NC2CCC(=C(C)C(C)C)CC2)C(C)C1C. The van der Waals surface area contributed by atoms with Crippen LogP contribution in [0.15, 0.2) is 59.7 Å². The van der Waals surface area contributed by atoms with Crippen molar-refractivity contribution in [2.24, 2.45) is 17.8 Å². The molecule has 2 aromatic rings. The van der Waals surface area contributed by atoms with E-state index < -0.39 is 0 Å². The van der Waals surface area contributed by atoms with E-state index in [2.05, 4.69) is 103 Å². The van der Waals surface area contributed by atoms with Crippen LogP contribution in [-0.2, 0) is 9.59 Å². The van der Waals surface area contributed by atoms with Crippen LogP contribution < -0.4 is 20.4 Å². The van der Waals surface area contributed by atoms with Crippen LogP contribution in [0.5, 0.6) is 0 Å². The first-order valence-electron chi connectivity index (χ1n) is 19.7. The van der Waals surface area contributed by atoms with Gasteiger partial charge in [-0.05, 0) is 87.5 Å². The van der Waals surface area contributed by atoms with Gasteiger partial charge in [0.15, 0.2) is 0 Å². The number of hydrogen-bond acceptors (Lipinski definition) is 4. The molecule has 0 aromatic heterocycles. The van der Waals surface area contributed by atoms with Gasteiger partial charge in [-0.1, -0.05) is 117 Å². The van der Waals surface area contributed by atoms with Gasteiger partial charge in [0.1, 0.15) is 0 Å². The van der Waals surface area contributed by atoms with Gasteiger partial charge in [0.25, 0.3) is 0 Å². The third-order valence-corrected chi connectivity index (χ3v) is 11.1. The van der Waals surface area contributed by atoms with Crippen LogP contribution in [0.25, 0.3) is 0 Å². The van der Waals surface area contributed by atoms with Crippen LogP contribution in [-0.4, -0.2) is 36.0 Å². The number of fused-ring (bicyclic) bond motifs is 2. The van der Waals surface area contributed by atoms with Crippen molar-refractivity contribution in [3.8, 4) is 0 Å². The average Bonchev–Trinajstić information content (AvgIpc) is 3.10. The van der Waals surface area contributed by atoms with Gasteiger partial charge in [-0.3, -0.25) is 9.59 Å². The second kappa shape index (κ2) is 20.2. The zero-order chi connectivity index (χ0) is 37.9. The summed E-state index contributed by atoms with van der Waals surface area (Å²) in [5.41, 5.74) is 7.92. The molecule has 50 heavy (non-hydrogen) atoms. The van der Waals surface area contributed by atoms with Gasteiger partial charge in [0.2, 0.25) is 11.8 Å². The van der Waals surface area contributed by atoms with E-state index in [1.54, 1.807) is 25.0 Å². The lowest BCUT2D eigenvalue weighted by Gasteiger charge is -2.45. The molecule has 6 nitrogen and oxygen atoms in total. The molecule has 6 unspecified atom stereocenters. The maximum atomic E-state index is 12.3. The number of nitrogens with zero attached hydrogens (tertiary/aromatic N) is 2. The highest BCUT2D eigenvalue weighted by Crippen LogP contribution is 2.43. The Morgan fingerprint density at radius 3 is 1.46 bits per heavy atom. The lowest BCUT2D eigenvalue weighted by atomic mass is 9.80. The van der Waals surface area contributed by atoms with Crippen molar-refractivity contribution in [1.29, 1.82) is 0 Å². The number of carbonyl (C=O) groups is 2. The first-order chi connectivity index (χ1) is 23.7. The molecule has 1 fully saturated rings. The highest BCUT2D eigenvalue weighted by molar-refractivity contribution is 5.94. The molecule has 0 radical (unpaired) electrons. The molecule has 0 bridgehead atoms. The normalized spacial score (nSPS) is 25.5. The zero-order valence-corrected chi connectivity index (χ0v) is 34.4. The highest BCUT2D eigenvalue weighted by atomic mass is 16.2. The van der Waals surface area contributed by atoms with E-state index in [1.807, 2.05) is 55.7 Å². The van der Waals surface area contributed by atoms with E-state index in [9.17, 15) is 9.59 Å². The summed E-state index contributed by atoms with van der Waals surface area (Å²) in [5.74, 6) is 1.69. The number of nitrogens with one attached hydrogen (secondary N) is 2. The van der Waals surface area contributed by atoms with Crippen molar-refractivity contribution in [2.45, 2.75) is 166 Å². The molecule has 5 rings (SSSR count). The number of allylic oxidation sites excluding steroid dienone is 2. The predicted molar refractivity (Wildman–Crippen MR) is 216 cm³/mol. The summed E-state index contributed by atoms with van der Waals surface area (Å²) in [6.45, 7) is 31.4. The van der Waals surface area contributed by atoms with Gasteiger partial charge in [0, 0.05) is 61.5 Å². The summed E-state index contributed by atoms with van der Waals surface area (Å²) in [7, 11) is 0. The molecule has 3 aliphatic rings. The van der Waals surface area contributed by atoms with Crippen LogP contribution in [0, 0.1) is 17.8 Å². The maximum absolute atomic E-state index is 12.3. The van der Waals surface area contributed by atoms with E-state index in [-0.39, 0.29) is 23.9 Å². The minimum atomic E-state index is 0.120. The third-order valence-electron chi connectivity index (χ3n) is 11.1. The zero-order valence-electron chi connectivity index (χ0n) is 34.4. The Kier molecular flexibility index (Phi) is 17.4. The van der Waals surface area contributed by atoms with Crippen LogP contribution >= 0.6 is 0 Å². The summed E-state index contributed by atoms with van der Waals surface area (Å²) in [4.78, 5) is 28.1. The Morgan fingerprint density at radius 1 is 0.660 bits per heavy atom. The third kappa shape index (κ3) is 10.1. The van der Waals surface area contributed by atoms with Gasteiger partial charge >= 0.3 is 0 Å². The molecular weight excluding hydrogens is 617 g/mol. The first-order valence-corrected chi connectivity index (χ1v) is 19.7. The molecule has 0 spiro atoms. The van der Waals surface area contributed by atoms with E-state index in [0.29, 0.717) is 41.9 Å². The van der Waals surface area contributed by atoms with Crippen LogP contribution in [0.4, 0.5) is 11.4 Å². The Labute approximate surface area is 306 Å². The fourth-order valence-electron chi connectivity index (χ4n) is 7.92. The molecule has 2 heterocycles. The fourth-order valence-corrected chi connectivity index (χ4v) is 7.92. The van der Waals surface area contributed by atoms with Crippen LogP contribution in [0.1, 0.15) is 153 Å². The lowest BCUT2D eigenvalue weighted by molar-refractivity contribution is -0.118. The molecular formula is C44H72N4O2. The van der Waals surface area contributed by atoms with Crippen molar-refractivity contribution >= 4 is 23.2 Å². The minimum absolute atomic E-state index is 0.120. The molecule has 1 saturated carbocycles. The standard InChI is InChI=1S/C24H36N2O.C16H24N2O.2C2H6/c1-15(2)16(3)20-11-13-21(14-12-20)25-24-17(4)18(5)26(19(6)27)23-10-8-7-9-22(23)24;1-10(2)17-16-11(3)12(4)18(13(5)19)15-9-7-6-8-14(15)16;2*1-2/h7-10,15,17-18,21,24-25H,11-14H2,1-6H3;6-12,16-17H,1-5H3;2*1-2H3. The number of para-hydroxylation sites is 2. The molecule has 6 heteroatoms. The largest absolute Gasteiger partial charge is 0.309 e. The lowest BCUT2D eigenvalue weighted by Crippen LogP contribution is -2.51. The highest BCUT2D eigenvalue weighted by Gasteiger charge is 2.39. The summed E-state index contributed by atoms with van der Waals surface area (Å²) in [5, 5.41) is 7.62. The Hall–Kier alpha value is -2.96. The van der Waals surface area contributed by atoms with Crippen molar-refractivity contribution < 1.29 is 9.59 Å². The quantitative estimate of drug-likeness (QED) is 0.307. The summed E-state index contributed by atoms with van der Waals surface area (Å²) in [6.07, 6.45) is 4.88. The molecule has 0 saturated heterocycles. The predicted octanol–water partition coefficient (Wildman–Crippen LogP) is 10.8. The number of hydrogen-bond donors (Lipinski definition) is 2. The average molecular weight is 689 g/mol. The fraction of sp³-hybridized carbons (Fsp3) is 0.636. The summed E-state index contributed by atoms with van der Waals surface area (Å²) in [6, 6.07) is 18.7. The van der Waals surface area contributed by atoms with Gasteiger partial charge in [0.05, 0.1) is 0 Å². The topological polar surface area (TPSA) is 64.7 Å². The van der Waals surface area contributed by atoms with Crippen molar-refractivity contribution in [3.05, 3.63) is 70.8 Å². The van der Waals surface area contributed by atoms with E-state index in [0.717, 1.165) is 11.4 Å². The molecule has 2 amide bonds. The number of benzene rings is 2. The van der Waals surface area contributed by atoms with Crippen molar-refractivity contribution in [3.63, 3.8) is 0 Å². The summed E-state index contributed by atoms with van der Waals surface area (Å²) >= 11 is 0. The number of carbonyl (C=O) groups excluding carboxylic acids is 2. The van der Waals surface area contributed by atoms with Crippen molar-refractivity contribution in [1.82, 2.24) is 10.6 Å². The first kappa shape index (κ1) is 43.2. The maximum Gasteiger partial charge on any atom is 0.224 e. The van der Waals surface area contributed by atoms with E-state index in [1.165, 1.54) is 36.8 Å². The Balaban J connectivity index is 0.000000331. The van der Waals surface area contributed by atoms with Gasteiger partial charge < -0.3 is 20.4 Å². The number of rotatable bonds is 5. The monoisotopic (exact) mass is 689 g/mol. The molecule has 2 N–H and O–H groups in total. The van der Waals surface area contributed by atoms with Gasteiger partial charge in [-0.25, -0.2) is 0 Å². The van der Waals surface area contributed by atoms with Crippen LogP contribution in [0.3, 0.4) is 0 Å². The van der Waals surface area contributed by atoms with Crippen molar-refractivity contribution in [2.75, 3.05) is 9.80 Å². The van der Waals surface area contributed by atoms with Crippen LogP contribution in [0.2, 0.25) is 0 Å². The van der Waals surface area contributed by atoms with Gasteiger partial charge in [-0.2, -0.15) is 0 Å². The smallest absolute Gasteiger partial charge is 0.224 e.